The number of hydrogen-bond acceptors (Lipinski definition) is 8. The summed E-state index contributed by atoms with van der Waals surface area (Å²) in [7, 11) is 1.38. The van der Waals surface area contributed by atoms with Gasteiger partial charge in [-0.25, -0.2) is 9.02 Å². The molecule has 1 fully saturated rings. The largest absolute Gasteiger partial charge is 0.496 e. The number of hydrogen-bond donors (Lipinski definition) is 1. The van der Waals surface area contributed by atoms with Gasteiger partial charge in [-0.3, -0.25) is 19.8 Å². The van der Waals surface area contributed by atoms with Gasteiger partial charge in [0, 0.05) is 12.1 Å². The van der Waals surface area contributed by atoms with Gasteiger partial charge in [0.05, 0.1) is 39.7 Å². The molecule has 0 saturated heterocycles. The van der Waals surface area contributed by atoms with Crippen molar-refractivity contribution < 1.29 is 23.5 Å². The Labute approximate surface area is 202 Å². The maximum absolute atomic E-state index is 14.2. The van der Waals surface area contributed by atoms with Crippen LogP contribution >= 0.6 is 11.6 Å². The van der Waals surface area contributed by atoms with Crippen LogP contribution in [0.2, 0.25) is 5.02 Å². The summed E-state index contributed by atoms with van der Waals surface area (Å²) in [6, 6.07) is 9.46. The highest BCUT2D eigenvalue weighted by Gasteiger charge is 2.34. The standard InChI is InChI=1S/C23H17ClFN5O5/c1-34-20-10-16(26)15(24)9-14(20)23(31)29(17-5-4-12(25)8-13(17)11-2-3-11)18-6-7-19(30(32)33)22-21(18)27-35-28-22/h4-11H,2-3,26H2,1H3. The van der Waals surface area contributed by atoms with E-state index >= 15 is 0 Å². The van der Waals surface area contributed by atoms with Gasteiger partial charge >= 0.3 is 5.69 Å². The lowest BCUT2D eigenvalue weighted by atomic mass is 10.0. The van der Waals surface area contributed by atoms with E-state index in [-0.39, 0.29) is 50.3 Å². The first-order valence-corrected chi connectivity index (χ1v) is 10.8. The van der Waals surface area contributed by atoms with Gasteiger partial charge in [-0.2, -0.15) is 0 Å². The van der Waals surface area contributed by atoms with Crippen molar-refractivity contribution in [1.29, 1.82) is 0 Å². The summed E-state index contributed by atoms with van der Waals surface area (Å²) in [5.74, 6) is -0.839. The zero-order valence-electron chi connectivity index (χ0n) is 18.2. The average molecular weight is 498 g/mol. The molecule has 10 nitrogen and oxygen atoms in total. The molecular weight excluding hydrogens is 481 g/mol. The Morgan fingerprint density at radius 2 is 1.91 bits per heavy atom. The Hall–Kier alpha value is -4.25. The van der Waals surface area contributed by atoms with Gasteiger partial charge < -0.3 is 10.5 Å². The number of non-ortho nitro benzene ring substituents is 1. The zero-order valence-corrected chi connectivity index (χ0v) is 19.0. The summed E-state index contributed by atoms with van der Waals surface area (Å²) in [5.41, 5.74) is 6.82. The lowest BCUT2D eigenvalue weighted by molar-refractivity contribution is -0.383. The van der Waals surface area contributed by atoms with Gasteiger partial charge in [-0.05, 0) is 65.0 Å². The molecule has 1 aromatic heterocycles. The van der Waals surface area contributed by atoms with Crippen molar-refractivity contribution in [2.24, 2.45) is 0 Å². The molecule has 0 bridgehead atoms. The summed E-state index contributed by atoms with van der Waals surface area (Å²) in [6.45, 7) is 0. The topological polar surface area (TPSA) is 138 Å². The molecule has 1 saturated carbocycles. The number of carbonyl (C=O) groups is 1. The van der Waals surface area contributed by atoms with Crippen LogP contribution in [-0.4, -0.2) is 28.3 Å². The van der Waals surface area contributed by atoms with E-state index in [1.54, 1.807) is 0 Å². The van der Waals surface area contributed by atoms with E-state index < -0.39 is 16.6 Å². The number of carbonyl (C=O) groups excluding carboxylic acids is 1. The minimum absolute atomic E-state index is 0.0147. The summed E-state index contributed by atoms with van der Waals surface area (Å²) >= 11 is 6.22. The molecule has 0 unspecified atom stereocenters. The van der Waals surface area contributed by atoms with Gasteiger partial charge in [0.1, 0.15) is 11.6 Å². The van der Waals surface area contributed by atoms with Crippen molar-refractivity contribution in [2.75, 3.05) is 17.7 Å². The monoisotopic (exact) mass is 497 g/mol. The lowest BCUT2D eigenvalue weighted by Gasteiger charge is -2.26. The summed E-state index contributed by atoms with van der Waals surface area (Å²) in [4.78, 5) is 26.2. The van der Waals surface area contributed by atoms with E-state index in [2.05, 4.69) is 10.3 Å². The molecule has 178 valence electrons. The van der Waals surface area contributed by atoms with E-state index in [4.69, 9.17) is 26.7 Å². The van der Waals surface area contributed by atoms with Crippen LogP contribution in [0.15, 0.2) is 47.1 Å². The maximum atomic E-state index is 14.2. The number of methoxy groups -OCH3 is 1. The molecule has 35 heavy (non-hydrogen) atoms. The number of ether oxygens (including phenoxy) is 1. The van der Waals surface area contributed by atoms with Crippen molar-refractivity contribution in [2.45, 2.75) is 18.8 Å². The fraction of sp³-hybridized carbons (Fsp3) is 0.174. The van der Waals surface area contributed by atoms with Crippen LogP contribution in [0.4, 0.5) is 27.1 Å². The fourth-order valence-electron chi connectivity index (χ4n) is 3.99. The minimum atomic E-state index is -0.626. The van der Waals surface area contributed by atoms with Crippen molar-refractivity contribution >= 4 is 51.3 Å². The number of nitro groups is 1. The van der Waals surface area contributed by atoms with Gasteiger partial charge in [-0.1, -0.05) is 11.6 Å². The molecule has 1 heterocycles. The van der Waals surface area contributed by atoms with Crippen LogP contribution in [0.5, 0.6) is 5.75 Å². The third-order valence-corrected chi connectivity index (χ3v) is 6.14. The first-order chi connectivity index (χ1) is 16.8. The van der Waals surface area contributed by atoms with E-state index in [9.17, 15) is 19.3 Å². The summed E-state index contributed by atoms with van der Waals surface area (Å²) in [6.07, 6.45) is 1.66. The number of aromatic nitrogens is 2. The molecule has 3 aromatic carbocycles. The van der Waals surface area contributed by atoms with Crippen molar-refractivity contribution in [3.05, 3.63) is 74.5 Å². The molecule has 2 N–H and O–H groups in total. The maximum Gasteiger partial charge on any atom is 0.300 e. The van der Waals surface area contributed by atoms with Gasteiger partial charge in [0.2, 0.25) is 5.52 Å². The van der Waals surface area contributed by atoms with E-state index in [1.807, 2.05) is 0 Å². The minimum Gasteiger partial charge on any atom is -0.496 e. The molecule has 12 heteroatoms. The molecule has 1 aliphatic carbocycles. The Kier molecular flexibility index (Phi) is 5.48. The molecule has 1 aliphatic rings. The quantitative estimate of drug-likeness (QED) is 0.213. The van der Waals surface area contributed by atoms with Crippen LogP contribution in [0.25, 0.3) is 11.0 Å². The second-order valence-corrected chi connectivity index (χ2v) is 8.42. The number of fused-ring (bicyclic) bond motifs is 1. The highest BCUT2D eigenvalue weighted by atomic mass is 35.5. The number of halogens is 2. The molecule has 4 aromatic rings. The summed E-state index contributed by atoms with van der Waals surface area (Å²) in [5, 5.41) is 19.1. The number of amides is 1. The number of benzene rings is 3. The molecule has 1 amide bonds. The number of anilines is 3. The Morgan fingerprint density at radius 1 is 1.20 bits per heavy atom. The van der Waals surface area contributed by atoms with E-state index in [0.717, 1.165) is 12.8 Å². The first-order valence-electron chi connectivity index (χ1n) is 10.5. The van der Waals surface area contributed by atoms with Gasteiger partial charge in [-0.15, -0.1) is 0 Å². The second-order valence-electron chi connectivity index (χ2n) is 8.01. The normalized spacial score (nSPS) is 13.1. The zero-order chi connectivity index (χ0) is 24.9. The molecule has 0 radical (unpaired) electrons. The molecular formula is C23H17ClFN5O5. The van der Waals surface area contributed by atoms with Crippen molar-refractivity contribution in [1.82, 2.24) is 10.3 Å². The smallest absolute Gasteiger partial charge is 0.300 e. The summed E-state index contributed by atoms with van der Waals surface area (Å²) < 4.78 is 24.4. The Bertz CT molecular complexity index is 1500. The van der Waals surface area contributed by atoms with Crippen LogP contribution in [0.1, 0.15) is 34.7 Å². The third kappa shape index (κ3) is 3.89. The molecule has 0 atom stereocenters. The van der Waals surface area contributed by atoms with Gasteiger partial charge in [0.25, 0.3) is 5.91 Å². The van der Waals surface area contributed by atoms with Crippen molar-refractivity contribution in [3.8, 4) is 5.75 Å². The SMILES string of the molecule is COc1cc(N)c(Cl)cc1C(=O)N(c1ccc(F)cc1C1CC1)c1ccc([N+](=O)[O-])c2nonc12. The number of nitrogens with zero attached hydrogens (tertiary/aromatic N) is 4. The van der Waals surface area contributed by atoms with E-state index in [1.165, 1.54) is 54.5 Å². The van der Waals surface area contributed by atoms with Gasteiger partial charge in [0.15, 0.2) is 5.52 Å². The van der Waals surface area contributed by atoms with Crippen LogP contribution in [0.3, 0.4) is 0 Å². The molecule has 5 rings (SSSR count). The first kappa shape index (κ1) is 22.5. The third-order valence-electron chi connectivity index (χ3n) is 5.81. The number of nitrogen functional groups attached to an aromatic ring is 1. The molecule has 0 aliphatic heterocycles. The Morgan fingerprint density at radius 3 is 2.60 bits per heavy atom. The average Bonchev–Trinajstić information content (AvgIpc) is 3.57. The van der Waals surface area contributed by atoms with Crippen LogP contribution < -0.4 is 15.4 Å². The van der Waals surface area contributed by atoms with Crippen molar-refractivity contribution in [3.63, 3.8) is 0 Å². The second kappa shape index (κ2) is 8.51. The lowest BCUT2D eigenvalue weighted by Crippen LogP contribution is -2.28. The van der Waals surface area contributed by atoms with Crippen LogP contribution in [0, 0.1) is 15.9 Å². The Balaban J connectivity index is 1.79. The number of rotatable bonds is 6. The number of nitrogens with two attached hydrogens (primary N) is 1. The predicted octanol–water partition coefficient (Wildman–Crippen LogP) is 5.37. The highest BCUT2D eigenvalue weighted by Crippen LogP contribution is 2.47. The molecule has 0 spiro atoms. The predicted molar refractivity (Wildman–Crippen MR) is 126 cm³/mol. The fourth-order valence-corrected chi connectivity index (χ4v) is 4.16. The number of nitro benzene ring substituents is 1. The van der Waals surface area contributed by atoms with E-state index in [0.29, 0.717) is 11.3 Å². The van der Waals surface area contributed by atoms with Crippen LogP contribution in [-0.2, 0) is 0 Å². The highest BCUT2D eigenvalue weighted by molar-refractivity contribution is 6.34.